The average molecular weight is 159 g/mol. The Bertz CT molecular complexity index is 285. The number of allylic oxidation sites excluding steroid dienone is 4. The normalized spacial score (nSPS) is 42.0. The highest BCUT2D eigenvalue weighted by molar-refractivity contribution is 5.30. The largest absolute Gasteiger partial charge is 0.384 e. The van der Waals surface area contributed by atoms with E-state index in [0.29, 0.717) is 6.04 Å². The number of hydrogen-bond acceptors (Lipinski definition) is 1. The molecule has 0 spiro atoms. The van der Waals surface area contributed by atoms with Crippen molar-refractivity contribution in [1.29, 1.82) is 0 Å². The molecule has 2 aliphatic carbocycles. The number of nitrogens with one attached hydrogen (secondary N) is 1. The smallest absolute Gasteiger partial charge is 0.0362 e. The lowest BCUT2D eigenvalue weighted by atomic mass is 9.87. The van der Waals surface area contributed by atoms with E-state index in [4.69, 9.17) is 0 Å². The second-order valence-corrected chi connectivity index (χ2v) is 3.88. The first-order valence-electron chi connectivity index (χ1n) is 4.75. The maximum absolute atomic E-state index is 3.60. The van der Waals surface area contributed by atoms with Crippen molar-refractivity contribution in [3.05, 3.63) is 36.1 Å². The maximum Gasteiger partial charge on any atom is 0.0362 e. The van der Waals surface area contributed by atoms with E-state index in [-0.39, 0.29) is 0 Å². The fourth-order valence-electron chi connectivity index (χ4n) is 2.62. The molecule has 3 aliphatic rings. The predicted octanol–water partition coefficient (Wildman–Crippen LogP) is 1.99. The van der Waals surface area contributed by atoms with Crippen LogP contribution in [-0.4, -0.2) is 6.04 Å². The van der Waals surface area contributed by atoms with E-state index in [1.165, 1.54) is 18.5 Å². The molecule has 62 valence electrons. The zero-order chi connectivity index (χ0) is 7.97. The number of fused-ring (bicyclic) bond motifs is 3. The molecule has 0 aromatic carbocycles. The molecule has 3 unspecified atom stereocenters. The molecule has 1 aliphatic heterocycles. The zero-order valence-electron chi connectivity index (χ0n) is 7.03. The molecule has 1 heteroatoms. The maximum atomic E-state index is 3.60. The molecule has 1 N–H and O–H groups in total. The van der Waals surface area contributed by atoms with Crippen LogP contribution >= 0.6 is 0 Å². The summed E-state index contributed by atoms with van der Waals surface area (Å²) in [5.74, 6) is 1.54. The Morgan fingerprint density at radius 1 is 1.25 bits per heavy atom. The number of hydrogen-bond donors (Lipinski definition) is 1. The van der Waals surface area contributed by atoms with E-state index in [1.807, 2.05) is 0 Å². The first-order chi connectivity index (χ1) is 5.95. The summed E-state index contributed by atoms with van der Waals surface area (Å²) < 4.78 is 0. The van der Waals surface area contributed by atoms with Crippen molar-refractivity contribution in [2.75, 3.05) is 0 Å². The molecular formula is C11H13N. The Balaban J connectivity index is 1.96. The molecule has 0 aromatic heterocycles. The Morgan fingerprint density at radius 3 is 3.25 bits per heavy atom. The third-order valence-electron chi connectivity index (χ3n) is 3.23. The van der Waals surface area contributed by atoms with Gasteiger partial charge in [-0.3, -0.25) is 0 Å². The summed E-state index contributed by atoms with van der Waals surface area (Å²) >= 11 is 0. The third kappa shape index (κ3) is 0.739. The van der Waals surface area contributed by atoms with Gasteiger partial charge in [-0.2, -0.15) is 0 Å². The highest BCUT2D eigenvalue weighted by Crippen LogP contribution is 2.40. The highest BCUT2D eigenvalue weighted by atomic mass is 15.0. The Hall–Kier alpha value is -0.980. The molecule has 1 heterocycles. The second-order valence-electron chi connectivity index (χ2n) is 3.88. The summed E-state index contributed by atoms with van der Waals surface area (Å²) in [6.45, 7) is 0. The topological polar surface area (TPSA) is 12.0 Å². The fraction of sp³-hybridized carbons (Fsp3) is 0.455. The van der Waals surface area contributed by atoms with Crippen molar-refractivity contribution in [3.63, 3.8) is 0 Å². The summed E-state index contributed by atoms with van der Waals surface area (Å²) in [5, 5.41) is 3.60. The van der Waals surface area contributed by atoms with Crippen LogP contribution in [0.1, 0.15) is 12.8 Å². The van der Waals surface area contributed by atoms with E-state index >= 15 is 0 Å². The molecular weight excluding hydrogens is 146 g/mol. The summed E-state index contributed by atoms with van der Waals surface area (Å²) in [6, 6.07) is 0.709. The minimum atomic E-state index is 0.709. The van der Waals surface area contributed by atoms with Crippen molar-refractivity contribution < 1.29 is 0 Å². The minimum Gasteiger partial charge on any atom is -0.384 e. The summed E-state index contributed by atoms with van der Waals surface area (Å²) in [6.07, 6.45) is 13.8. The molecule has 3 atom stereocenters. The summed E-state index contributed by atoms with van der Waals surface area (Å²) in [5.41, 5.74) is 1.47. The summed E-state index contributed by atoms with van der Waals surface area (Å²) in [7, 11) is 0. The Kier molecular flexibility index (Phi) is 1.23. The minimum absolute atomic E-state index is 0.709. The van der Waals surface area contributed by atoms with Gasteiger partial charge in [0, 0.05) is 23.6 Å². The molecule has 3 rings (SSSR count). The van der Waals surface area contributed by atoms with Gasteiger partial charge in [0.05, 0.1) is 0 Å². The van der Waals surface area contributed by atoms with Crippen LogP contribution in [0.5, 0.6) is 0 Å². The molecule has 0 saturated carbocycles. The quantitative estimate of drug-likeness (QED) is 0.533. The molecule has 0 amide bonds. The van der Waals surface area contributed by atoms with Crippen LogP contribution in [0.15, 0.2) is 36.1 Å². The van der Waals surface area contributed by atoms with Crippen molar-refractivity contribution in [3.8, 4) is 0 Å². The monoisotopic (exact) mass is 159 g/mol. The molecule has 1 saturated heterocycles. The van der Waals surface area contributed by atoms with Gasteiger partial charge in [0.2, 0.25) is 0 Å². The van der Waals surface area contributed by atoms with Gasteiger partial charge in [-0.05, 0) is 18.9 Å². The van der Waals surface area contributed by atoms with Gasteiger partial charge in [-0.25, -0.2) is 0 Å². The van der Waals surface area contributed by atoms with Crippen molar-refractivity contribution in [2.45, 2.75) is 18.9 Å². The van der Waals surface area contributed by atoms with Gasteiger partial charge in [-0.1, -0.05) is 24.3 Å². The van der Waals surface area contributed by atoms with Gasteiger partial charge in [-0.15, -0.1) is 0 Å². The standard InChI is InChI=1S/C11H13N/c1-2-6-10-8(4-1)9-5-3-7-11(9)12-10/h1-3,5-6,8-9,11-12H,4,7H2. The van der Waals surface area contributed by atoms with Crippen LogP contribution in [0.4, 0.5) is 0 Å². The lowest BCUT2D eigenvalue weighted by molar-refractivity contribution is 0.471. The molecule has 0 aromatic rings. The van der Waals surface area contributed by atoms with Crippen LogP contribution in [0.2, 0.25) is 0 Å². The van der Waals surface area contributed by atoms with Crippen LogP contribution in [-0.2, 0) is 0 Å². The van der Waals surface area contributed by atoms with Gasteiger partial charge >= 0.3 is 0 Å². The van der Waals surface area contributed by atoms with Gasteiger partial charge in [0.15, 0.2) is 0 Å². The van der Waals surface area contributed by atoms with E-state index < -0.39 is 0 Å². The third-order valence-corrected chi connectivity index (χ3v) is 3.23. The Morgan fingerprint density at radius 2 is 2.25 bits per heavy atom. The first-order valence-corrected chi connectivity index (χ1v) is 4.75. The SMILES string of the molecule is C1=CCC2C(=C1)NC1CC=CC12. The predicted molar refractivity (Wildman–Crippen MR) is 49.5 cm³/mol. The lowest BCUT2D eigenvalue weighted by Gasteiger charge is -2.15. The number of rotatable bonds is 0. The zero-order valence-corrected chi connectivity index (χ0v) is 7.03. The lowest BCUT2D eigenvalue weighted by Crippen LogP contribution is -2.21. The fourth-order valence-corrected chi connectivity index (χ4v) is 2.62. The first kappa shape index (κ1) is 6.53. The molecule has 0 radical (unpaired) electrons. The van der Waals surface area contributed by atoms with Gasteiger partial charge in [0.1, 0.15) is 0 Å². The van der Waals surface area contributed by atoms with Gasteiger partial charge < -0.3 is 5.32 Å². The van der Waals surface area contributed by atoms with Crippen molar-refractivity contribution in [2.24, 2.45) is 11.8 Å². The van der Waals surface area contributed by atoms with Crippen LogP contribution in [0.25, 0.3) is 0 Å². The van der Waals surface area contributed by atoms with Crippen molar-refractivity contribution >= 4 is 0 Å². The summed E-state index contributed by atoms with van der Waals surface area (Å²) in [4.78, 5) is 0. The van der Waals surface area contributed by atoms with E-state index in [0.717, 1.165) is 11.8 Å². The van der Waals surface area contributed by atoms with E-state index in [1.54, 1.807) is 0 Å². The van der Waals surface area contributed by atoms with Crippen LogP contribution < -0.4 is 5.32 Å². The molecule has 12 heavy (non-hydrogen) atoms. The van der Waals surface area contributed by atoms with Gasteiger partial charge in [0.25, 0.3) is 0 Å². The molecule has 1 nitrogen and oxygen atoms in total. The average Bonchev–Trinajstić information content (AvgIpc) is 2.62. The second kappa shape index (κ2) is 2.25. The van der Waals surface area contributed by atoms with Crippen LogP contribution in [0, 0.1) is 11.8 Å². The van der Waals surface area contributed by atoms with Crippen LogP contribution in [0.3, 0.4) is 0 Å². The van der Waals surface area contributed by atoms with E-state index in [2.05, 4.69) is 35.7 Å². The highest BCUT2D eigenvalue weighted by Gasteiger charge is 2.38. The Labute approximate surface area is 72.9 Å². The van der Waals surface area contributed by atoms with Crippen molar-refractivity contribution in [1.82, 2.24) is 5.32 Å². The van der Waals surface area contributed by atoms with E-state index in [9.17, 15) is 0 Å². The molecule has 0 bridgehead atoms. The molecule has 1 fully saturated rings.